The Labute approximate surface area is 119 Å². The normalized spacial score (nSPS) is 9.80. The van der Waals surface area contributed by atoms with Crippen LogP contribution < -0.4 is 5.32 Å². The van der Waals surface area contributed by atoms with Crippen molar-refractivity contribution in [2.24, 2.45) is 0 Å². The van der Waals surface area contributed by atoms with Gasteiger partial charge in [0.1, 0.15) is 0 Å². The minimum absolute atomic E-state index is 0.0950. The zero-order valence-electron chi connectivity index (χ0n) is 11.6. The lowest BCUT2D eigenvalue weighted by Gasteiger charge is -2.20. The average molecular weight is 270 g/mol. The number of carbonyl (C=O) groups excluding carboxylic acids is 1. The average Bonchev–Trinajstić information content (AvgIpc) is 2.43. The number of nitriles is 2. The monoisotopic (exact) mass is 270 g/mol. The number of benzene rings is 1. The van der Waals surface area contributed by atoms with Crippen LogP contribution in [-0.2, 0) is 11.3 Å². The minimum Gasteiger partial charge on any atom is -0.326 e. The van der Waals surface area contributed by atoms with Crippen LogP contribution >= 0.6 is 0 Å². The molecular weight excluding hydrogens is 252 g/mol. The Morgan fingerprint density at radius 2 is 1.70 bits per heavy atom. The fourth-order valence-electron chi connectivity index (χ4n) is 1.84. The van der Waals surface area contributed by atoms with E-state index in [-0.39, 0.29) is 5.91 Å². The second-order valence-corrected chi connectivity index (χ2v) is 4.47. The molecule has 0 aliphatic heterocycles. The van der Waals surface area contributed by atoms with Gasteiger partial charge in [-0.2, -0.15) is 10.5 Å². The van der Waals surface area contributed by atoms with Gasteiger partial charge in [0.25, 0.3) is 0 Å². The van der Waals surface area contributed by atoms with E-state index in [0.717, 1.165) is 11.3 Å². The van der Waals surface area contributed by atoms with Crippen molar-refractivity contribution in [1.29, 1.82) is 10.5 Å². The van der Waals surface area contributed by atoms with Crippen molar-refractivity contribution in [3.63, 3.8) is 0 Å². The molecule has 0 saturated heterocycles. The molecule has 5 nitrogen and oxygen atoms in total. The molecule has 0 unspecified atom stereocenters. The van der Waals surface area contributed by atoms with Gasteiger partial charge in [0, 0.05) is 45.1 Å². The van der Waals surface area contributed by atoms with Crippen molar-refractivity contribution in [3.8, 4) is 12.1 Å². The highest BCUT2D eigenvalue weighted by Gasteiger charge is 2.06. The van der Waals surface area contributed by atoms with Crippen LogP contribution in [0.1, 0.15) is 25.3 Å². The van der Waals surface area contributed by atoms with E-state index in [1.165, 1.54) is 6.92 Å². The van der Waals surface area contributed by atoms with Gasteiger partial charge in [-0.3, -0.25) is 9.69 Å². The van der Waals surface area contributed by atoms with E-state index in [1.807, 2.05) is 24.3 Å². The van der Waals surface area contributed by atoms with E-state index in [1.54, 1.807) is 0 Å². The van der Waals surface area contributed by atoms with Crippen LogP contribution in [0.3, 0.4) is 0 Å². The number of amides is 1. The summed E-state index contributed by atoms with van der Waals surface area (Å²) in [7, 11) is 0. The molecule has 0 spiro atoms. The summed E-state index contributed by atoms with van der Waals surface area (Å²) in [5.74, 6) is -0.0950. The fourth-order valence-corrected chi connectivity index (χ4v) is 1.84. The number of nitrogens with zero attached hydrogens (tertiary/aromatic N) is 3. The maximum Gasteiger partial charge on any atom is 0.221 e. The van der Waals surface area contributed by atoms with Crippen molar-refractivity contribution < 1.29 is 4.79 Å². The number of anilines is 1. The van der Waals surface area contributed by atoms with Gasteiger partial charge in [-0.1, -0.05) is 12.1 Å². The summed E-state index contributed by atoms with van der Waals surface area (Å²) < 4.78 is 0. The summed E-state index contributed by atoms with van der Waals surface area (Å²) >= 11 is 0. The van der Waals surface area contributed by atoms with Gasteiger partial charge in [0.2, 0.25) is 5.91 Å². The van der Waals surface area contributed by atoms with Crippen LogP contribution in [0.4, 0.5) is 5.69 Å². The lowest BCUT2D eigenvalue weighted by Crippen LogP contribution is -2.25. The molecule has 20 heavy (non-hydrogen) atoms. The van der Waals surface area contributed by atoms with Crippen molar-refractivity contribution in [2.75, 3.05) is 18.4 Å². The highest BCUT2D eigenvalue weighted by atomic mass is 16.1. The third-order valence-corrected chi connectivity index (χ3v) is 2.76. The van der Waals surface area contributed by atoms with Crippen LogP contribution in [0.15, 0.2) is 24.3 Å². The third-order valence-electron chi connectivity index (χ3n) is 2.76. The Balaban J connectivity index is 2.61. The Hall–Kier alpha value is -2.37. The first-order chi connectivity index (χ1) is 9.65. The van der Waals surface area contributed by atoms with Crippen LogP contribution in [0.2, 0.25) is 0 Å². The van der Waals surface area contributed by atoms with Gasteiger partial charge in [0.15, 0.2) is 0 Å². The van der Waals surface area contributed by atoms with E-state index in [2.05, 4.69) is 22.4 Å². The van der Waals surface area contributed by atoms with Crippen LogP contribution in [0.25, 0.3) is 0 Å². The van der Waals surface area contributed by atoms with E-state index < -0.39 is 0 Å². The van der Waals surface area contributed by atoms with Crippen LogP contribution in [0.5, 0.6) is 0 Å². The molecule has 0 saturated carbocycles. The molecule has 0 aliphatic rings. The summed E-state index contributed by atoms with van der Waals surface area (Å²) in [5, 5.41) is 20.0. The van der Waals surface area contributed by atoms with Crippen molar-refractivity contribution in [3.05, 3.63) is 29.8 Å². The number of carbonyl (C=O) groups is 1. The lowest BCUT2D eigenvalue weighted by molar-refractivity contribution is -0.114. The lowest BCUT2D eigenvalue weighted by atomic mass is 10.2. The largest absolute Gasteiger partial charge is 0.326 e. The zero-order chi connectivity index (χ0) is 14.8. The number of nitrogens with one attached hydrogen (secondary N) is 1. The number of hydrogen-bond donors (Lipinski definition) is 1. The number of rotatable bonds is 7. The van der Waals surface area contributed by atoms with Crippen LogP contribution in [0, 0.1) is 22.7 Å². The molecule has 1 amide bonds. The fraction of sp³-hybridized carbons (Fsp3) is 0.400. The molecule has 1 N–H and O–H groups in total. The molecule has 0 bridgehead atoms. The summed E-state index contributed by atoms with van der Waals surface area (Å²) in [6.45, 7) is 3.49. The summed E-state index contributed by atoms with van der Waals surface area (Å²) in [6, 6.07) is 11.8. The predicted molar refractivity (Wildman–Crippen MR) is 76.5 cm³/mol. The highest BCUT2D eigenvalue weighted by Crippen LogP contribution is 2.12. The first kappa shape index (κ1) is 15.7. The second kappa shape index (κ2) is 8.68. The topological polar surface area (TPSA) is 79.9 Å². The Morgan fingerprint density at radius 3 is 2.15 bits per heavy atom. The molecule has 0 atom stereocenters. The quantitative estimate of drug-likeness (QED) is 0.824. The van der Waals surface area contributed by atoms with E-state index >= 15 is 0 Å². The minimum atomic E-state index is -0.0950. The molecule has 0 radical (unpaired) electrons. The van der Waals surface area contributed by atoms with E-state index in [4.69, 9.17) is 10.5 Å². The zero-order valence-corrected chi connectivity index (χ0v) is 11.6. The van der Waals surface area contributed by atoms with Gasteiger partial charge in [-0.25, -0.2) is 0 Å². The van der Waals surface area contributed by atoms with Crippen molar-refractivity contribution in [2.45, 2.75) is 26.3 Å². The standard InChI is InChI=1S/C15H18N4O/c1-13(20)18-15-6-4-14(5-7-15)12-19(10-2-8-16)11-3-9-17/h4-7H,2-3,10-12H2,1H3,(H,18,20). The molecule has 0 fully saturated rings. The van der Waals surface area contributed by atoms with Gasteiger partial charge in [-0.05, 0) is 17.7 Å². The first-order valence-electron chi connectivity index (χ1n) is 6.48. The Bertz CT molecular complexity index is 492. The molecule has 1 aromatic carbocycles. The van der Waals surface area contributed by atoms with Gasteiger partial charge >= 0.3 is 0 Å². The molecular formula is C15H18N4O. The second-order valence-electron chi connectivity index (χ2n) is 4.47. The maximum absolute atomic E-state index is 10.9. The molecule has 0 aromatic heterocycles. The molecule has 5 heteroatoms. The van der Waals surface area contributed by atoms with E-state index in [9.17, 15) is 4.79 Å². The molecule has 1 aromatic rings. The van der Waals surface area contributed by atoms with Gasteiger partial charge < -0.3 is 5.32 Å². The van der Waals surface area contributed by atoms with Gasteiger partial charge in [0.05, 0.1) is 12.1 Å². The molecule has 1 rings (SSSR count). The summed E-state index contributed by atoms with van der Waals surface area (Å²) in [4.78, 5) is 13.0. The van der Waals surface area contributed by atoms with Crippen molar-refractivity contribution in [1.82, 2.24) is 4.90 Å². The summed E-state index contributed by atoms with van der Waals surface area (Å²) in [6.07, 6.45) is 0.908. The smallest absolute Gasteiger partial charge is 0.221 e. The molecule has 0 aliphatic carbocycles. The maximum atomic E-state index is 10.9. The number of hydrogen-bond acceptors (Lipinski definition) is 4. The van der Waals surface area contributed by atoms with Crippen LogP contribution in [-0.4, -0.2) is 23.9 Å². The Morgan fingerprint density at radius 1 is 1.15 bits per heavy atom. The summed E-state index contributed by atoms with van der Waals surface area (Å²) in [5.41, 5.74) is 1.86. The SMILES string of the molecule is CC(=O)Nc1ccc(CN(CCC#N)CCC#N)cc1. The molecule has 104 valence electrons. The highest BCUT2D eigenvalue weighted by molar-refractivity contribution is 5.88. The predicted octanol–water partition coefficient (Wildman–Crippen LogP) is 2.27. The Kier molecular flexibility index (Phi) is 6.81. The first-order valence-corrected chi connectivity index (χ1v) is 6.48. The van der Waals surface area contributed by atoms with Crippen molar-refractivity contribution >= 4 is 11.6 Å². The third kappa shape index (κ3) is 5.99. The van der Waals surface area contributed by atoms with E-state index in [0.29, 0.717) is 32.5 Å². The molecule has 0 heterocycles. The van der Waals surface area contributed by atoms with Gasteiger partial charge in [-0.15, -0.1) is 0 Å².